The molecular formula is C16H21N3. The standard InChI is InChI=1S/C16H21N3/c1-3-19-9-8-18-16(19)15(17-2)14-10-12-6-4-5-7-13(12)11-14/h4-9,14-15,17H,3,10-11H2,1-2H3. The van der Waals surface area contributed by atoms with Crippen LogP contribution in [0.1, 0.15) is 29.9 Å². The van der Waals surface area contributed by atoms with Gasteiger partial charge in [-0.2, -0.15) is 0 Å². The first-order chi connectivity index (χ1) is 9.33. The minimum absolute atomic E-state index is 0.336. The number of fused-ring (bicyclic) bond motifs is 1. The van der Waals surface area contributed by atoms with Crippen molar-refractivity contribution >= 4 is 0 Å². The molecule has 0 spiro atoms. The van der Waals surface area contributed by atoms with Gasteiger partial charge in [0.2, 0.25) is 0 Å². The topological polar surface area (TPSA) is 29.9 Å². The van der Waals surface area contributed by atoms with Crippen molar-refractivity contribution in [2.24, 2.45) is 5.92 Å². The van der Waals surface area contributed by atoms with Gasteiger partial charge in [0.15, 0.2) is 0 Å². The van der Waals surface area contributed by atoms with Gasteiger partial charge in [-0.1, -0.05) is 24.3 Å². The van der Waals surface area contributed by atoms with Crippen LogP contribution in [0.5, 0.6) is 0 Å². The number of imidazole rings is 1. The minimum Gasteiger partial charge on any atom is -0.334 e. The summed E-state index contributed by atoms with van der Waals surface area (Å²) in [6.45, 7) is 3.15. The van der Waals surface area contributed by atoms with Gasteiger partial charge in [0.1, 0.15) is 5.82 Å². The summed E-state index contributed by atoms with van der Waals surface area (Å²) in [5, 5.41) is 3.47. The van der Waals surface area contributed by atoms with E-state index in [1.807, 2.05) is 13.2 Å². The summed E-state index contributed by atoms with van der Waals surface area (Å²) in [7, 11) is 2.04. The monoisotopic (exact) mass is 255 g/mol. The molecule has 3 rings (SSSR count). The van der Waals surface area contributed by atoms with Crippen LogP contribution in [0.15, 0.2) is 36.7 Å². The third kappa shape index (κ3) is 2.19. The molecule has 0 radical (unpaired) electrons. The van der Waals surface area contributed by atoms with E-state index in [9.17, 15) is 0 Å². The van der Waals surface area contributed by atoms with Gasteiger partial charge < -0.3 is 9.88 Å². The number of rotatable bonds is 4. The molecule has 1 heterocycles. The van der Waals surface area contributed by atoms with Gasteiger partial charge >= 0.3 is 0 Å². The number of hydrogen-bond acceptors (Lipinski definition) is 2. The summed E-state index contributed by atoms with van der Waals surface area (Å²) in [4.78, 5) is 4.57. The van der Waals surface area contributed by atoms with Crippen LogP contribution in [0.4, 0.5) is 0 Å². The van der Waals surface area contributed by atoms with Gasteiger partial charge in [-0.15, -0.1) is 0 Å². The fraction of sp³-hybridized carbons (Fsp3) is 0.438. The second-order valence-electron chi connectivity index (χ2n) is 5.27. The first kappa shape index (κ1) is 12.4. The Balaban J connectivity index is 1.86. The predicted molar refractivity (Wildman–Crippen MR) is 77.0 cm³/mol. The molecule has 0 saturated heterocycles. The first-order valence-electron chi connectivity index (χ1n) is 7.08. The Morgan fingerprint density at radius 3 is 2.58 bits per heavy atom. The summed E-state index contributed by atoms with van der Waals surface area (Å²) in [5.74, 6) is 1.78. The minimum atomic E-state index is 0.336. The van der Waals surface area contributed by atoms with Gasteiger partial charge in [0, 0.05) is 18.9 Å². The lowest BCUT2D eigenvalue weighted by Gasteiger charge is -2.23. The molecule has 1 aliphatic rings. The number of aryl methyl sites for hydroxylation is 1. The van der Waals surface area contributed by atoms with Crippen LogP contribution in [-0.2, 0) is 19.4 Å². The normalized spacial score (nSPS) is 16.5. The highest BCUT2D eigenvalue weighted by Crippen LogP contribution is 2.34. The van der Waals surface area contributed by atoms with Crippen LogP contribution in [0.25, 0.3) is 0 Å². The third-order valence-corrected chi connectivity index (χ3v) is 4.23. The molecule has 0 aliphatic heterocycles. The van der Waals surface area contributed by atoms with Gasteiger partial charge in [0.05, 0.1) is 6.04 Å². The highest BCUT2D eigenvalue weighted by atomic mass is 15.1. The Hall–Kier alpha value is -1.61. The summed E-state index contributed by atoms with van der Waals surface area (Å²) in [6, 6.07) is 9.13. The van der Waals surface area contributed by atoms with E-state index >= 15 is 0 Å². The van der Waals surface area contributed by atoms with E-state index in [2.05, 4.69) is 52.3 Å². The molecule has 0 amide bonds. The molecule has 19 heavy (non-hydrogen) atoms. The molecule has 3 heteroatoms. The van der Waals surface area contributed by atoms with Crippen molar-refractivity contribution < 1.29 is 0 Å². The lowest BCUT2D eigenvalue weighted by Crippen LogP contribution is -2.28. The number of benzene rings is 1. The average molecular weight is 255 g/mol. The van der Waals surface area contributed by atoms with E-state index in [1.165, 1.54) is 17.0 Å². The lowest BCUT2D eigenvalue weighted by molar-refractivity contribution is 0.369. The smallest absolute Gasteiger partial charge is 0.126 e. The first-order valence-corrected chi connectivity index (χ1v) is 7.08. The predicted octanol–water partition coefficient (Wildman–Crippen LogP) is 2.58. The molecule has 1 aliphatic carbocycles. The highest BCUT2D eigenvalue weighted by Gasteiger charge is 2.30. The van der Waals surface area contributed by atoms with Crippen molar-refractivity contribution in [3.8, 4) is 0 Å². The van der Waals surface area contributed by atoms with Crippen molar-refractivity contribution in [1.29, 1.82) is 0 Å². The number of aromatic nitrogens is 2. The zero-order valence-corrected chi connectivity index (χ0v) is 11.6. The maximum absolute atomic E-state index is 4.57. The molecule has 0 fully saturated rings. The van der Waals surface area contributed by atoms with Crippen LogP contribution in [0, 0.1) is 5.92 Å². The highest BCUT2D eigenvalue weighted by molar-refractivity contribution is 5.33. The van der Waals surface area contributed by atoms with Crippen molar-refractivity contribution in [2.75, 3.05) is 7.05 Å². The van der Waals surface area contributed by atoms with Crippen molar-refractivity contribution in [2.45, 2.75) is 32.4 Å². The van der Waals surface area contributed by atoms with Crippen LogP contribution < -0.4 is 5.32 Å². The van der Waals surface area contributed by atoms with Gasteiger partial charge in [-0.3, -0.25) is 0 Å². The number of nitrogens with zero attached hydrogens (tertiary/aromatic N) is 2. The van der Waals surface area contributed by atoms with Gasteiger partial charge in [0.25, 0.3) is 0 Å². The Bertz CT molecular complexity index is 534. The average Bonchev–Trinajstić information content (AvgIpc) is 3.05. The van der Waals surface area contributed by atoms with E-state index in [0.717, 1.165) is 19.4 Å². The van der Waals surface area contributed by atoms with E-state index in [1.54, 1.807) is 0 Å². The zero-order chi connectivity index (χ0) is 13.2. The molecule has 0 bridgehead atoms. The lowest BCUT2D eigenvalue weighted by atomic mass is 9.96. The molecule has 1 aromatic carbocycles. The summed E-state index contributed by atoms with van der Waals surface area (Å²) in [6.07, 6.45) is 6.28. The van der Waals surface area contributed by atoms with Gasteiger partial charge in [-0.05, 0) is 43.9 Å². The fourth-order valence-corrected chi connectivity index (χ4v) is 3.27. The van der Waals surface area contributed by atoms with Crippen LogP contribution in [0.3, 0.4) is 0 Å². The molecule has 1 unspecified atom stereocenters. The van der Waals surface area contributed by atoms with E-state index < -0.39 is 0 Å². The maximum Gasteiger partial charge on any atom is 0.126 e. The van der Waals surface area contributed by atoms with Crippen LogP contribution in [0.2, 0.25) is 0 Å². The second kappa shape index (κ2) is 5.17. The van der Waals surface area contributed by atoms with Gasteiger partial charge in [-0.25, -0.2) is 4.98 Å². The van der Waals surface area contributed by atoms with Crippen molar-refractivity contribution in [3.63, 3.8) is 0 Å². The SMILES string of the molecule is CCn1ccnc1C(NC)C1Cc2ccccc2C1. The fourth-order valence-electron chi connectivity index (χ4n) is 3.27. The summed E-state index contributed by atoms with van der Waals surface area (Å²) in [5.41, 5.74) is 3.00. The summed E-state index contributed by atoms with van der Waals surface area (Å²) >= 11 is 0. The molecule has 100 valence electrons. The maximum atomic E-state index is 4.57. The second-order valence-corrected chi connectivity index (χ2v) is 5.27. The Morgan fingerprint density at radius 1 is 1.32 bits per heavy atom. The van der Waals surface area contributed by atoms with E-state index in [-0.39, 0.29) is 0 Å². The molecule has 1 N–H and O–H groups in total. The van der Waals surface area contributed by atoms with Crippen LogP contribution in [-0.4, -0.2) is 16.6 Å². The van der Waals surface area contributed by atoms with Crippen molar-refractivity contribution in [3.05, 3.63) is 53.6 Å². The molecule has 3 nitrogen and oxygen atoms in total. The quantitative estimate of drug-likeness (QED) is 0.910. The van der Waals surface area contributed by atoms with Crippen LogP contribution >= 0.6 is 0 Å². The zero-order valence-electron chi connectivity index (χ0n) is 11.6. The molecule has 0 saturated carbocycles. The number of hydrogen-bond donors (Lipinski definition) is 1. The number of nitrogens with one attached hydrogen (secondary N) is 1. The Labute approximate surface area is 114 Å². The third-order valence-electron chi connectivity index (χ3n) is 4.23. The van der Waals surface area contributed by atoms with E-state index in [0.29, 0.717) is 12.0 Å². The molecule has 2 aromatic rings. The molecular weight excluding hydrogens is 234 g/mol. The van der Waals surface area contributed by atoms with Crippen molar-refractivity contribution in [1.82, 2.24) is 14.9 Å². The molecule has 1 atom stereocenters. The Morgan fingerprint density at radius 2 is 2.00 bits per heavy atom. The Kier molecular flexibility index (Phi) is 3.38. The van der Waals surface area contributed by atoms with E-state index in [4.69, 9.17) is 0 Å². The molecule has 1 aromatic heterocycles. The largest absolute Gasteiger partial charge is 0.334 e. The summed E-state index contributed by atoms with van der Waals surface area (Å²) < 4.78 is 2.24.